The van der Waals surface area contributed by atoms with Crippen molar-refractivity contribution >= 4 is 17.4 Å². The molecule has 1 unspecified atom stereocenters. The Morgan fingerprint density at radius 1 is 1.32 bits per heavy atom. The molecular formula is C18H21F3N2O5. The van der Waals surface area contributed by atoms with Gasteiger partial charge in [-0.25, -0.2) is 4.79 Å². The minimum atomic E-state index is -4.97. The largest absolute Gasteiger partial charge is 0.444 e. The average Bonchev–Trinajstić information content (AvgIpc) is 2.58. The molecule has 0 saturated carbocycles. The van der Waals surface area contributed by atoms with E-state index in [9.17, 15) is 33.2 Å². The van der Waals surface area contributed by atoms with Crippen LogP contribution in [-0.4, -0.2) is 45.9 Å². The highest BCUT2D eigenvalue weighted by Gasteiger charge is 2.41. The SMILES string of the molecule is CC(C)(C)OC(=O)N1CC=C(c2ccc([N+](=O)[O-])cc2C(O)C(F)(F)F)CC1. The summed E-state index contributed by atoms with van der Waals surface area (Å²) in [6.07, 6.45) is -6.59. The second kappa shape index (κ2) is 7.78. The number of halogens is 3. The van der Waals surface area contributed by atoms with Crippen LogP contribution in [0.5, 0.6) is 0 Å². The number of hydrogen-bond acceptors (Lipinski definition) is 5. The number of aliphatic hydroxyl groups is 1. The van der Waals surface area contributed by atoms with Crippen LogP contribution >= 0.6 is 0 Å². The van der Waals surface area contributed by atoms with Gasteiger partial charge in [-0.2, -0.15) is 13.2 Å². The van der Waals surface area contributed by atoms with Crippen molar-refractivity contribution in [1.82, 2.24) is 4.90 Å². The number of carbonyl (C=O) groups excluding carboxylic acids is 1. The lowest BCUT2D eigenvalue weighted by molar-refractivity contribution is -0.385. The predicted molar refractivity (Wildman–Crippen MR) is 94.5 cm³/mol. The number of hydrogen-bond donors (Lipinski definition) is 1. The van der Waals surface area contributed by atoms with Gasteiger partial charge >= 0.3 is 12.3 Å². The molecule has 1 aromatic rings. The number of alkyl halides is 3. The minimum absolute atomic E-state index is 0.0688. The average molecular weight is 402 g/mol. The van der Waals surface area contributed by atoms with Gasteiger partial charge in [0.25, 0.3) is 5.69 Å². The number of aliphatic hydroxyl groups excluding tert-OH is 1. The predicted octanol–water partition coefficient (Wildman–Crippen LogP) is 4.21. The highest BCUT2D eigenvalue weighted by molar-refractivity contribution is 5.74. The summed E-state index contributed by atoms with van der Waals surface area (Å²) >= 11 is 0. The fourth-order valence-electron chi connectivity index (χ4n) is 2.76. The first kappa shape index (κ1) is 21.7. The van der Waals surface area contributed by atoms with E-state index in [4.69, 9.17) is 4.74 Å². The molecule has 0 spiro atoms. The highest BCUT2D eigenvalue weighted by atomic mass is 19.4. The number of rotatable bonds is 3. The van der Waals surface area contributed by atoms with Crippen LogP contribution in [0.3, 0.4) is 0 Å². The number of nitro groups is 1. The van der Waals surface area contributed by atoms with Gasteiger partial charge in [0.2, 0.25) is 0 Å². The third-order valence-electron chi connectivity index (χ3n) is 4.06. The Balaban J connectivity index is 2.32. The number of carbonyl (C=O) groups is 1. The molecule has 10 heteroatoms. The van der Waals surface area contributed by atoms with Gasteiger partial charge in [-0.15, -0.1) is 0 Å². The fraction of sp³-hybridized carbons (Fsp3) is 0.500. The summed E-state index contributed by atoms with van der Waals surface area (Å²) < 4.78 is 44.4. The van der Waals surface area contributed by atoms with Crippen LogP contribution in [0.4, 0.5) is 23.7 Å². The maximum Gasteiger partial charge on any atom is 0.418 e. The molecule has 1 aliphatic rings. The number of benzene rings is 1. The summed E-state index contributed by atoms with van der Waals surface area (Å²) in [6, 6.07) is 3.01. The molecule has 0 aliphatic carbocycles. The van der Waals surface area contributed by atoms with Gasteiger partial charge in [-0.3, -0.25) is 10.1 Å². The molecule has 0 saturated heterocycles. The Hall–Kier alpha value is -2.62. The molecule has 0 aromatic heterocycles. The molecule has 0 bridgehead atoms. The van der Waals surface area contributed by atoms with Crippen molar-refractivity contribution < 1.29 is 32.7 Å². The van der Waals surface area contributed by atoms with Crippen LogP contribution in [0, 0.1) is 10.1 Å². The minimum Gasteiger partial charge on any atom is -0.444 e. The molecule has 2 rings (SSSR count). The van der Waals surface area contributed by atoms with Gasteiger partial charge in [-0.05, 0) is 44.4 Å². The fourth-order valence-corrected chi connectivity index (χ4v) is 2.76. The number of amides is 1. The molecule has 1 amide bonds. The highest BCUT2D eigenvalue weighted by Crippen LogP contribution is 2.39. The first-order chi connectivity index (χ1) is 12.8. The quantitative estimate of drug-likeness (QED) is 0.604. The van der Waals surface area contributed by atoms with Gasteiger partial charge in [0.05, 0.1) is 4.92 Å². The van der Waals surface area contributed by atoms with Crippen LogP contribution in [0.2, 0.25) is 0 Å². The molecule has 0 fully saturated rings. The molecule has 154 valence electrons. The zero-order chi connectivity index (χ0) is 21.3. The van der Waals surface area contributed by atoms with E-state index in [1.54, 1.807) is 26.8 Å². The lowest BCUT2D eigenvalue weighted by Gasteiger charge is -2.30. The standard InChI is InChI=1S/C18H21F3N2O5/c1-17(2,3)28-16(25)22-8-6-11(7-9-22)13-5-4-12(23(26)27)10-14(13)15(24)18(19,20)21/h4-6,10,15,24H,7-9H2,1-3H3. The summed E-state index contributed by atoms with van der Waals surface area (Å²) in [7, 11) is 0. The Bertz CT molecular complexity index is 799. The lowest BCUT2D eigenvalue weighted by atomic mass is 9.91. The maximum atomic E-state index is 13.0. The van der Waals surface area contributed by atoms with Gasteiger partial charge in [0.1, 0.15) is 5.60 Å². The molecule has 28 heavy (non-hydrogen) atoms. The molecule has 1 aromatic carbocycles. The van der Waals surface area contributed by atoms with E-state index in [1.807, 2.05) is 0 Å². The second-order valence-electron chi connectivity index (χ2n) is 7.38. The number of nitrogens with zero attached hydrogens (tertiary/aromatic N) is 2. The van der Waals surface area contributed by atoms with Crippen molar-refractivity contribution in [3.63, 3.8) is 0 Å². The lowest BCUT2D eigenvalue weighted by Crippen LogP contribution is -2.39. The van der Waals surface area contributed by atoms with Crippen LogP contribution in [0.25, 0.3) is 5.57 Å². The van der Waals surface area contributed by atoms with Gasteiger partial charge in [-0.1, -0.05) is 6.08 Å². The van der Waals surface area contributed by atoms with Crippen molar-refractivity contribution in [2.45, 2.75) is 45.1 Å². The van der Waals surface area contributed by atoms with Gasteiger partial charge < -0.3 is 14.7 Å². The van der Waals surface area contributed by atoms with Crippen molar-refractivity contribution in [2.75, 3.05) is 13.1 Å². The zero-order valence-electron chi connectivity index (χ0n) is 15.6. The van der Waals surface area contributed by atoms with E-state index in [0.717, 1.165) is 12.1 Å². The third kappa shape index (κ3) is 5.22. The first-order valence-electron chi connectivity index (χ1n) is 8.50. The molecular weight excluding hydrogens is 381 g/mol. The van der Waals surface area contributed by atoms with E-state index in [-0.39, 0.29) is 25.1 Å². The molecule has 1 N–H and O–H groups in total. The van der Waals surface area contributed by atoms with Crippen molar-refractivity contribution in [3.8, 4) is 0 Å². The van der Waals surface area contributed by atoms with Crippen molar-refractivity contribution in [3.05, 3.63) is 45.5 Å². The van der Waals surface area contributed by atoms with Gasteiger partial charge in [0, 0.05) is 30.8 Å². The normalized spacial score (nSPS) is 16.4. The summed E-state index contributed by atoms with van der Waals surface area (Å²) in [4.78, 5) is 23.6. The molecule has 1 atom stereocenters. The number of nitro benzene ring substituents is 1. The molecule has 7 nitrogen and oxygen atoms in total. The molecule has 1 aliphatic heterocycles. The van der Waals surface area contributed by atoms with Crippen LogP contribution in [-0.2, 0) is 4.74 Å². The van der Waals surface area contributed by atoms with E-state index < -0.39 is 40.1 Å². The second-order valence-corrected chi connectivity index (χ2v) is 7.38. The first-order valence-corrected chi connectivity index (χ1v) is 8.50. The van der Waals surface area contributed by atoms with Crippen molar-refractivity contribution in [1.29, 1.82) is 0 Å². The van der Waals surface area contributed by atoms with E-state index in [2.05, 4.69) is 0 Å². The Labute approximate surface area is 159 Å². The van der Waals surface area contributed by atoms with Crippen LogP contribution < -0.4 is 0 Å². The van der Waals surface area contributed by atoms with E-state index in [0.29, 0.717) is 5.57 Å². The Morgan fingerprint density at radius 2 is 1.96 bits per heavy atom. The Morgan fingerprint density at radius 3 is 2.43 bits per heavy atom. The summed E-state index contributed by atoms with van der Waals surface area (Å²) in [5, 5.41) is 20.6. The summed E-state index contributed by atoms with van der Waals surface area (Å²) in [5.74, 6) is 0. The molecule has 1 heterocycles. The zero-order valence-corrected chi connectivity index (χ0v) is 15.6. The van der Waals surface area contributed by atoms with Crippen molar-refractivity contribution in [2.24, 2.45) is 0 Å². The van der Waals surface area contributed by atoms with Crippen LogP contribution in [0.1, 0.15) is 44.4 Å². The third-order valence-corrected chi connectivity index (χ3v) is 4.06. The summed E-state index contributed by atoms with van der Waals surface area (Å²) in [5.41, 5.74) is -1.27. The van der Waals surface area contributed by atoms with E-state index >= 15 is 0 Å². The summed E-state index contributed by atoms with van der Waals surface area (Å²) in [6.45, 7) is 5.48. The maximum absolute atomic E-state index is 13.0. The molecule has 0 radical (unpaired) electrons. The monoisotopic (exact) mass is 402 g/mol. The Kier molecular flexibility index (Phi) is 6.03. The number of non-ortho nitro benzene ring substituents is 1. The van der Waals surface area contributed by atoms with E-state index in [1.165, 1.54) is 11.0 Å². The topological polar surface area (TPSA) is 92.9 Å². The van der Waals surface area contributed by atoms with Crippen LogP contribution in [0.15, 0.2) is 24.3 Å². The smallest absolute Gasteiger partial charge is 0.418 e. The number of ether oxygens (including phenoxy) is 1. The van der Waals surface area contributed by atoms with Gasteiger partial charge in [0.15, 0.2) is 6.10 Å².